The molecule has 1 aliphatic heterocycles. The summed E-state index contributed by atoms with van der Waals surface area (Å²) in [5.74, 6) is 0.927. The quantitative estimate of drug-likeness (QED) is 0.335. The van der Waals surface area contributed by atoms with Crippen LogP contribution in [-0.2, 0) is 14.3 Å². The standard InChI is InChI=1S/C19H30N4O3/c1-3-20-19(21-9-6-10-26-12-11-25-2)22-14-15-13-18(24)23-17-8-5-4-7-16(15)17/h4-5,7-8,15H,3,6,9-14H2,1-2H3,(H,23,24)(H2,20,21,22). The molecule has 0 bridgehead atoms. The first-order valence-corrected chi connectivity index (χ1v) is 9.22. The van der Waals surface area contributed by atoms with Gasteiger partial charge in [0.1, 0.15) is 0 Å². The van der Waals surface area contributed by atoms with Gasteiger partial charge in [0.2, 0.25) is 5.91 Å². The smallest absolute Gasteiger partial charge is 0.225 e. The van der Waals surface area contributed by atoms with Crippen LogP contribution in [0.2, 0.25) is 0 Å². The Morgan fingerprint density at radius 3 is 2.92 bits per heavy atom. The first-order valence-electron chi connectivity index (χ1n) is 9.22. The molecule has 7 nitrogen and oxygen atoms in total. The van der Waals surface area contributed by atoms with Crippen LogP contribution in [0, 0.1) is 0 Å². The topological polar surface area (TPSA) is 84.0 Å². The summed E-state index contributed by atoms with van der Waals surface area (Å²) in [6, 6.07) is 7.94. The van der Waals surface area contributed by atoms with Crippen LogP contribution >= 0.6 is 0 Å². The van der Waals surface area contributed by atoms with Gasteiger partial charge in [-0.3, -0.25) is 9.79 Å². The molecule has 0 aliphatic carbocycles. The Labute approximate surface area is 155 Å². The SMILES string of the molecule is CCNC(=NCC1CC(=O)Nc2ccccc21)NCCCOCCOC. The second-order valence-electron chi connectivity index (χ2n) is 6.14. The van der Waals surface area contributed by atoms with Crippen molar-refractivity contribution in [3.8, 4) is 0 Å². The molecule has 2 rings (SSSR count). The van der Waals surface area contributed by atoms with E-state index in [9.17, 15) is 4.79 Å². The largest absolute Gasteiger partial charge is 0.382 e. The first kappa shape index (κ1) is 20.2. The highest BCUT2D eigenvalue weighted by Crippen LogP contribution is 2.31. The molecule has 0 saturated carbocycles. The monoisotopic (exact) mass is 362 g/mol. The van der Waals surface area contributed by atoms with Crippen molar-refractivity contribution in [3.63, 3.8) is 0 Å². The van der Waals surface area contributed by atoms with Crippen molar-refractivity contribution < 1.29 is 14.3 Å². The Hall–Kier alpha value is -2.12. The van der Waals surface area contributed by atoms with Crippen molar-refractivity contribution in [1.29, 1.82) is 0 Å². The van der Waals surface area contributed by atoms with E-state index < -0.39 is 0 Å². The Morgan fingerprint density at radius 2 is 2.12 bits per heavy atom. The van der Waals surface area contributed by atoms with Crippen LogP contribution in [0.3, 0.4) is 0 Å². The zero-order chi connectivity index (χ0) is 18.6. The van der Waals surface area contributed by atoms with E-state index >= 15 is 0 Å². The molecule has 7 heteroatoms. The number of methoxy groups -OCH3 is 1. The molecule has 1 unspecified atom stereocenters. The zero-order valence-corrected chi connectivity index (χ0v) is 15.7. The van der Waals surface area contributed by atoms with Crippen molar-refractivity contribution in [2.24, 2.45) is 4.99 Å². The van der Waals surface area contributed by atoms with Crippen molar-refractivity contribution in [3.05, 3.63) is 29.8 Å². The molecule has 0 saturated heterocycles. The van der Waals surface area contributed by atoms with Crippen molar-refractivity contribution in [1.82, 2.24) is 10.6 Å². The minimum absolute atomic E-state index is 0.0510. The number of benzene rings is 1. The lowest BCUT2D eigenvalue weighted by atomic mass is 9.91. The van der Waals surface area contributed by atoms with Crippen LogP contribution in [-0.4, -0.2) is 58.4 Å². The highest BCUT2D eigenvalue weighted by atomic mass is 16.5. The number of hydrogen-bond acceptors (Lipinski definition) is 4. The molecule has 3 N–H and O–H groups in total. The Kier molecular flexibility index (Phi) is 8.92. The van der Waals surface area contributed by atoms with E-state index in [4.69, 9.17) is 9.47 Å². The summed E-state index contributed by atoms with van der Waals surface area (Å²) in [7, 11) is 1.67. The maximum absolute atomic E-state index is 11.9. The van der Waals surface area contributed by atoms with Crippen LogP contribution in [0.15, 0.2) is 29.3 Å². The summed E-state index contributed by atoms with van der Waals surface area (Å²) < 4.78 is 10.4. The van der Waals surface area contributed by atoms with Crippen LogP contribution in [0.4, 0.5) is 5.69 Å². The molecule has 1 atom stereocenters. The lowest BCUT2D eigenvalue weighted by Gasteiger charge is -2.24. The van der Waals surface area contributed by atoms with Crippen molar-refractivity contribution >= 4 is 17.6 Å². The molecule has 26 heavy (non-hydrogen) atoms. The van der Waals surface area contributed by atoms with Gasteiger partial charge in [0.15, 0.2) is 5.96 Å². The minimum atomic E-state index is 0.0510. The number of fused-ring (bicyclic) bond motifs is 1. The van der Waals surface area contributed by atoms with Gasteiger partial charge in [0.05, 0.1) is 19.8 Å². The molecule has 1 aromatic rings. The Morgan fingerprint density at radius 1 is 1.27 bits per heavy atom. The van der Waals surface area contributed by atoms with Gasteiger partial charge in [-0.2, -0.15) is 0 Å². The van der Waals surface area contributed by atoms with Crippen LogP contribution in [0.5, 0.6) is 0 Å². The summed E-state index contributed by atoms with van der Waals surface area (Å²) in [4.78, 5) is 16.6. The first-order chi connectivity index (χ1) is 12.7. The third kappa shape index (κ3) is 6.65. The number of rotatable bonds is 10. The van der Waals surface area contributed by atoms with Gasteiger partial charge in [-0.25, -0.2) is 0 Å². The number of aliphatic imine (C=N–C) groups is 1. The number of hydrogen-bond donors (Lipinski definition) is 3. The summed E-state index contributed by atoms with van der Waals surface area (Å²) in [5, 5.41) is 9.48. The molecule has 1 amide bonds. The maximum atomic E-state index is 11.9. The summed E-state index contributed by atoms with van der Waals surface area (Å²) in [6.07, 6.45) is 1.36. The second-order valence-corrected chi connectivity index (χ2v) is 6.14. The average molecular weight is 362 g/mol. The van der Waals surface area contributed by atoms with E-state index in [0.717, 1.165) is 36.7 Å². The molecule has 0 fully saturated rings. The van der Waals surface area contributed by atoms with E-state index in [0.29, 0.717) is 32.8 Å². The van der Waals surface area contributed by atoms with Gasteiger partial charge in [0.25, 0.3) is 0 Å². The fourth-order valence-electron chi connectivity index (χ4n) is 2.83. The van der Waals surface area contributed by atoms with Crippen LogP contribution < -0.4 is 16.0 Å². The number of carbonyl (C=O) groups excluding carboxylic acids is 1. The molecular weight excluding hydrogens is 332 g/mol. The number of anilines is 1. The number of amides is 1. The summed E-state index contributed by atoms with van der Waals surface area (Å²) >= 11 is 0. The zero-order valence-electron chi connectivity index (χ0n) is 15.7. The van der Waals surface area contributed by atoms with E-state index in [1.165, 1.54) is 0 Å². The van der Waals surface area contributed by atoms with E-state index in [1.807, 2.05) is 25.1 Å². The fourth-order valence-corrected chi connectivity index (χ4v) is 2.83. The Balaban J connectivity index is 1.83. The summed E-state index contributed by atoms with van der Waals surface area (Å²) in [6.45, 7) is 6.10. The van der Waals surface area contributed by atoms with E-state index in [-0.39, 0.29) is 11.8 Å². The molecular formula is C19H30N4O3. The van der Waals surface area contributed by atoms with Gasteiger partial charge >= 0.3 is 0 Å². The number of ether oxygens (including phenoxy) is 2. The second kappa shape index (κ2) is 11.5. The normalized spacial score (nSPS) is 16.8. The van der Waals surface area contributed by atoms with Gasteiger partial charge in [-0.05, 0) is 25.0 Å². The van der Waals surface area contributed by atoms with Gasteiger partial charge < -0.3 is 25.4 Å². The molecule has 1 aromatic carbocycles. The number of nitrogens with one attached hydrogen (secondary N) is 3. The van der Waals surface area contributed by atoms with Gasteiger partial charge in [-0.15, -0.1) is 0 Å². The fraction of sp³-hybridized carbons (Fsp3) is 0.579. The molecule has 0 aromatic heterocycles. The van der Waals surface area contributed by atoms with Crippen molar-refractivity contribution in [2.45, 2.75) is 25.7 Å². The average Bonchev–Trinajstić information content (AvgIpc) is 2.64. The predicted octanol–water partition coefficient (Wildman–Crippen LogP) is 1.72. The third-order valence-electron chi connectivity index (χ3n) is 4.11. The van der Waals surface area contributed by atoms with Crippen molar-refractivity contribution in [2.75, 3.05) is 51.9 Å². The lowest BCUT2D eigenvalue weighted by molar-refractivity contribution is -0.116. The third-order valence-corrected chi connectivity index (χ3v) is 4.11. The maximum Gasteiger partial charge on any atom is 0.225 e. The molecule has 1 heterocycles. The van der Waals surface area contributed by atoms with Gasteiger partial charge in [0, 0.05) is 44.8 Å². The molecule has 0 spiro atoms. The number of para-hydroxylation sites is 1. The van der Waals surface area contributed by atoms with Crippen LogP contribution in [0.25, 0.3) is 0 Å². The minimum Gasteiger partial charge on any atom is -0.382 e. The molecule has 144 valence electrons. The van der Waals surface area contributed by atoms with E-state index in [2.05, 4.69) is 27.0 Å². The molecule has 0 radical (unpaired) electrons. The number of carbonyl (C=O) groups is 1. The summed E-state index contributed by atoms with van der Waals surface area (Å²) in [5.41, 5.74) is 2.05. The van der Waals surface area contributed by atoms with Crippen LogP contribution in [0.1, 0.15) is 31.2 Å². The number of guanidine groups is 1. The molecule has 1 aliphatic rings. The van der Waals surface area contributed by atoms with Gasteiger partial charge in [-0.1, -0.05) is 18.2 Å². The van der Waals surface area contributed by atoms with E-state index in [1.54, 1.807) is 7.11 Å². The Bertz CT molecular complexity index is 592. The highest BCUT2D eigenvalue weighted by Gasteiger charge is 2.24. The predicted molar refractivity (Wildman–Crippen MR) is 104 cm³/mol. The number of nitrogens with zero attached hydrogens (tertiary/aromatic N) is 1. The highest BCUT2D eigenvalue weighted by molar-refractivity contribution is 5.94. The lowest BCUT2D eigenvalue weighted by Crippen LogP contribution is -2.38.